The number of nitrogens with zero attached hydrogens (tertiary/aromatic N) is 3. The molecule has 0 aliphatic carbocycles. The SMILES string of the molecule is CN(CCCl)c1ncncc1Cl. The van der Waals surface area contributed by atoms with E-state index >= 15 is 0 Å². The standard InChI is InChI=1S/C7H9Cl2N3/c1-12(3-2-8)7-6(9)4-10-5-11-7/h4-5H,2-3H2,1H3. The van der Waals surface area contributed by atoms with Crippen LogP contribution in [0, 0.1) is 0 Å². The summed E-state index contributed by atoms with van der Waals surface area (Å²) in [6.07, 6.45) is 3.03. The summed E-state index contributed by atoms with van der Waals surface area (Å²) in [5.74, 6) is 1.27. The highest BCUT2D eigenvalue weighted by atomic mass is 35.5. The summed E-state index contributed by atoms with van der Waals surface area (Å²) in [4.78, 5) is 9.69. The second kappa shape index (κ2) is 4.48. The van der Waals surface area contributed by atoms with Crippen molar-refractivity contribution in [1.82, 2.24) is 9.97 Å². The summed E-state index contributed by atoms with van der Waals surface area (Å²) < 4.78 is 0. The molecule has 0 amide bonds. The van der Waals surface area contributed by atoms with Crippen molar-refractivity contribution in [2.45, 2.75) is 0 Å². The lowest BCUT2D eigenvalue weighted by Crippen LogP contribution is -2.21. The van der Waals surface area contributed by atoms with Gasteiger partial charge in [0.05, 0.1) is 6.20 Å². The van der Waals surface area contributed by atoms with E-state index in [1.165, 1.54) is 6.33 Å². The quantitative estimate of drug-likeness (QED) is 0.706. The third-order valence-electron chi connectivity index (χ3n) is 1.43. The van der Waals surface area contributed by atoms with Crippen LogP contribution in [0.5, 0.6) is 0 Å². The Bertz CT molecular complexity index is 254. The third-order valence-corrected chi connectivity index (χ3v) is 1.87. The molecule has 0 aliphatic heterocycles. The first-order chi connectivity index (χ1) is 5.75. The summed E-state index contributed by atoms with van der Waals surface area (Å²) in [6.45, 7) is 0.721. The predicted octanol–water partition coefficient (Wildman–Crippen LogP) is 1.80. The molecular formula is C7H9Cl2N3. The lowest BCUT2D eigenvalue weighted by molar-refractivity contribution is 0.933. The van der Waals surface area contributed by atoms with Gasteiger partial charge in [-0.3, -0.25) is 0 Å². The maximum absolute atomic E-state index is 5.85. The number of hydrogen-bond acceptors (Lipinski definition) is 3. The minimum atomic E-state index is 0.546. The molecule has 0 radical (unpaired) electrons. The maximum atomic E-state index is 5.85. The van der Waals surface area contributed by atoms with Crippen LogP contribution in [0.3, 0.4) is 0 Å². The molecule has 0 saturated heterocycles. The zero-order valence-electron chi connectivity index (χ0n) is 6.67. The Morgan fingerprint density at radius 1 is 1.58 bits per heavy atom. The van der Waals surface area contributed by atoms with Gasteiger partial charge in [0.2, 0.25) is 0 Å². The Balaban J connectivity index is 2.79. The summed E-state index contributed by atoms with van der Waals surface area (Å²) >= 11 is 11.4. The average Bonchev–Trinajstić information content (AvgIpc) is 2.05. The first-order valence-electron chi connectivity index (χ1n) is 3.48. The van der Waals surface area contributed by atoms with Crippen molar-refractivity contribution in [2.75, 3.05) is 24.4 Å². The second-order valence-corrected chi connectivity index (χ2v) is 3.09. The number of rotatable bonds is 3. The number of alkyl halides is 1. The van der Waals surface area contributed by atoms with E-state index in [0.717, 1.165) is 6.54 Å². The first kappa shape index (κ1) is 9.55. The molecule has 1 rings (SSSR count). The summed E-state index contributed by atoms with van der Waals surface area (Å²) in [7, 11) is 1.89. The summed E-state index contributed by atoms with van der Waals surface area (Å²) in [6, 6.07) is 0. The lowest BCUT2D eigenvalue weighted by atomic mass is 10.5. The molecule has 0 unspecified atom stereocenters. The molecule has 3 nitrogen and oxygen atoms in total. The molecule has 1 heterocycles. The van der Waals surface area contributed by atoms with Gasteiger partial charge in [-0.05, 0) is 0 Å². The Labute approximate surface area is 81.3 Å². The minimum absolute atomic E-state index is 0.546. The minimum Gasteiger partial charge on any atom is -0.357 e. The Hall–Kier alpha value is -0.540. The predicted molar refractivity (Wildman–Crippen MR) is 51.0 cm³/mol. The van der Waals surface area contributed by atoms with E-state index < -0.39 is 0 Å². The van der Waals surface area contributed by atoms with Gasteiger partial charge < -0.3 is 4.90 Å². The Morgan fingerprint density at radius 2 is 2.33 bits per heavy atom. The lowest BCUT2D eigenvalue weighted by Gasteiger charge is -2.16. The number of aromatic nitrogens is 2. The highest BCUT2D eigenvalue weighted by Gasteiger charge is 2.05. The van der Waals surface area contributed by atoms with Crippen LogP contribution in [0.15, 0.2) is 12.5 Å². The van der Waals surface area contributed by atoms with Crippen LogP contribution in [0.2, 0.25) is 5.02 Å². The van der Waals surface area contributed by atoms with Crippen molar-refractivity contribution >= 4 is 29.0 Å². The molecule has 66 valence electrons. The van der Waals surface area contributed by atoms with Gasteiger partial charge in [0, 0.05) is 19.5 Å². The topological polar surface area (TPSA) is 29.0 Å². The van der Waals surface area contributed by atoms with E-state index in [-0.39, 0.29) is 0 Å². The van der Waals surface area contributed by atoms with E-state index in [4.69, 9.17) is 23.2 Å². The molecule has 5 heteroatoms. The van der Waals surface area contributed by atoms with Gasteiger partial charge in [-0.1, -0.05) is 11.6 Å². The third kappa shape index (κ3) is 2.22. The van der Waals surface area contributed by atoms with E-state index in [1.54, 1.807) is 6.20 Å². The van der Waals surface area contributed by atoms with Crippen LogP contribution in [0.4, 0.5) is 5.82 Å². The van der Waals surface area contributed by atoms with Gasteiger partial charge in [0.15, 0.2) is 5.82 Å². The van der Waals surface area contributed by atoms with Crippen LogP contribution in [0.25, 0.3) is 0 Å². The van der Waals surface area contributed by atoms with Crippen molar-refractivity contribution in [2.24, 2.45) is 0 Å². The molecule has 0 N–H and O–H groups in total. The zero-order valence-corrected chi connectivity index (χ0v) is 8.18. The first-order valence-corrected chi connectivity index (χ1v) is 4.39. The van der Waals surface area contributed by atoms with Gasteiger partial charge in [-0.2, -0.15) is 0 Å². The van der Waals surface area contributed by atoms with Crippen LogP contribution >= 0.6 is 23.2 Å². The maximum Gasteiger partial charge on any atom is 0.150 e. The normalized spacial score (nSPS) is 9.92. The highest BCUT2D eigenvalue weighted by Crippen LogP contribution is 2.19. The number of anilines is 1. The largest absolute Gasteiger partial charge is 0.357 e. The molecule has 0 bridgehead atoms. The van der Waals surface area contributed by atoms with E-state index in [1.807, 2.05) is 11.9 Å². The number of hydrogen-bond donors (Lipinski definition) is 0. The summed E-state index contributed by atoms with van der Waals surface area (Å²) in [5, 5.41) is 0.546. The van der Waals surface area contributed by atoms with E-state index in [2.05, 4.69) is 9.97 Å². The molecule has 0 fully saturated rings. The fraction of sp³-hybridized carbons (Fsp3) is 0.429. The molecule has 0 saturated carbocycles. The average molecular weight is 206 g/mol. The second-order valence-electron chi connectivity index (χ2n) is 2.30. The molecule has 0 aromatic carbocycles. The van der Waals surface area contributed by atoms with Gasteiger partial charge in [-0.25, -0.2) is 9.97 Å². The van der Waals surface area contributed by atoms with Crippen LogP contribution in [-0.2, 0) is 0 Å². The van der Waals surface area contributed by atoms with Crippen LogP contribution < -0.4 is 4.90 Å². The molecule has 0 aliphatic rings. The van der Waals surface area contributed by atoms with Crippen molar-refractivity contribution in [1.29, 1.82) is 0 Å². The molecular weight excluding hydrogens is 197 g/mol. The van der Waals surface area contributed by atoms with Crippen molar-refractivity contribution in [3.05, 3.63) is 17.5 Å². The van der Waals surface area contributed by atoms with Gasteiger partial charge in [0.25, 0.3) is 0 Å². The highest BCUT2D eigenvalue weighted by molar-refractivity contribution is 6.32. The smallest absolute Gasteiger partial charge is 0.150 e. The fourth-order valence-corrected chi connectivity index (χ4v) is 1.32. The molecule has 1 aromatic heterocycles. The Morgan fingerprint density at radius 3 is 2.92 bits per heavy atom. The summed E-state index contributed by atoms with van der Waals surface area (Å²) in [5.41, 5.74) is 0. The molecule has 0 spiro atoms. The van der Waals surface area contributed by atoms with Gasteiger partial charge in [0.1, 0.15) is 11.3 Å². The van der Waals surface area contributed by atoms with Gasteiger partial charge in [-0.15, -0.1) is 11.6 Å². The van der Waals surface area contributed by atoms with E-state index in [0.29, 0.717) is 16.7 Å². The van der Waals surface area contributed by atoms with Crippen molar-refractivity contribution < 1.29 is 0 Å². The van der Waals surface area contributed by atoms with Crippen LogP contribution in [0.1, 0.15) is 0 Å². The van der Waals surface area contributed by atoms with Gasteiger partial charge >= 0.3 is 0 Å². The van der Waals surface area contributed by atoms with Crippen molar-refractivity contribution in [3.8, 4) is 0 Å². The molecule has 0 atom stereocenters. The van der Waals surface area contributed by atoms with E-state index in [9.17, 15) is 0 Å². The Kier molecular flexibility index (Phi) is 3.56. The van der Waals surface area contributed by atoms with Crippen LogP contribution in [-0.4, -0.2) is 29.4 Å². The molecule has 12 heavy (non-hydrogen) atoms. The molecule has 1 aromatic rings. The number of halogens is 2. The van der Waals surface area contributed by atoms with Crippen molar-refractivity contribution in [3.63, 3.8) is 0 Å². The fourth-order valence-electron chi connectivity index (χ4n) is 0.820. The monoisotopic (exact) mass is 205 g/mol. The zero-order chi connectivity index (χ0) is 8.97.